The predicted octanol–water partition coefficient (Wildman–Crippen LogP) is 4.90. The summed E-state index contributed by atoms with van der Waals surface area (Å²) in [7, 11) is 0. The van der Waals surface area contributed by atoms with Crippen molar-refractivity contribution in [3.63, 3.8) is 0 Å². The molecule has 0 unspecified atom stereocenters. The predicted molar refractivity (Wildman–Crippen MR) is 130 cm³/mol. The second kappa shape index (κ2) is 11.8. The molecule has 8 heteroatoms. The number of likely N-dealkylation sites (tertiary alicyclic amines) is 1. The van der Waals surface area contributed by atoms with Gasteiger partial charge in [-0.15, -0.1) is 11.8 Å². The molecule has 0 spiro atoms. The Balaban J connectivity index is 1.55. The molecule has 1 aliphatic rings. The maximum absolute atomic E-state index is 13.0. The van der Waals surface area contributed by atoms with E-state index in [1.54, 1.807) is 17.0 Å². The number of rotatable bonds is 9. The minimum absolute atomic E-state index is 0.00404. The second-order valence-corrected chi connectivity index (χ2v) is 9.88. The number of amides is 2. The highest BCUT2D eigenvalue weighted by Crippen LogP contribution is 2.32. The molecule has 3 rings (SSSR count). The van der Waals surface area contributed by atoms with Crippen LogP contribution in [0.15, 0.2) is 53.4 Å². The van der Waals surface area contributed by atoms with Gasteiger partial charge in [0.15, 0.2) is 0 Å². The van der Waals surface area contributed by atoms with Crippen molar-refractivity contribution in [3.05, 3.63) is 69.8 Å². The fourth-order valence-electron chi connectivity index (χ4n) is 3.78. The van der Waals surface area contributed by atoms with Crippen molar-refractivity contribution < 1.29 is 14.5 Å². The monoisotopic (exact) mass is 469 g/mol. The number of benzene rings is 2. The molecule has 1 aliphatic heterocycles. The number of thioether (sulfide) groups is 1. The lowest BCUT2D eigenvalue weighted by Crippen LogP contribution is -2.42. The van der Waals surface area contributed by atoms with Gasteiger partial charge in [0.05, 0.1) is 9.82 Å². The Morgan fingerprint density at radius 3 is 2.48 bits per heavy atom. The van der Waals surface area contributed by atoms with Gasteiger partial charge >= 0.3 is 0 Å². The van der Waals surface area contributed by atoms with Crippen LogP contribution in [0, 0.1) is 22.0 Å². The third-order valence-electron chi connectivity index (χ3n) is 5.82. The van der Waals surface area contributed by atoms with Crippen molar-refractivity contribution >= 4 is 29.3 Å². The first-order chi connectivity index (χ1) is 15.8. The Kier molecular flexibility index (Phi) is 8.88. The number of carbonyl (C=O) groups is 2. The van der Waals surface area contributed by atoms with Crippen LogP contribution in [-0.4, -0.2) is 40.5 Å². The number of carbonyl (C=O) groups excluding carboxylic acids is 2. The molecule has 0 atom stereocenters. The molecular formula is C25H31N3O4S. The van der Waals surface area contributed by atoms with E-state index in [0.29, 0.717) is 48.9 Å². The van der Waals surface area contributed by atoms with Gasteiger partial charge in [0, 0.05) is 37.2 Å². The van der Waals surface area contributed by atoms with E-state index < -0.39 is 4.92 Å². The van der Waals surface area contributed by atoms with Gasteiger partial charge in [0.1, 0.15) is 0 Å². The quantitative estimate of drug-likeness (QED) is 0.320. The topological polar surface area (TPSA) is 92.6 Å². The second-order valence-electron chi connectivity index (χ2n) is 8.74. The van der Waals surface area contributed by atoms with Crippen LogP contribution in [0.3, 0.4) is 0 Å². The first-order valence-electron chi connectivity index (χ1n) is 11.4. The van der Waals surface area contributed by atoms with Crippen molar-refractivity contribution in [1.82, 2.24) is 10.2 Å². The summed E-state index contributed by atoms with van der Waals surface area (Å²) in [5.74, 6) is 0.975. The third-order valence-corrected chi connectivity index (χ3v) is 6.91. The summed E-state index contributed by atoms with van der Waals surface area (Å²) in [5, 5.41) is 14.5. The Bertz CT molecular complexity index is 973. The van der Waals surface area contributed by atoms with E-state index >= 15 is 0 Å². The van der Waals surface area contributed by atoms with Crippen molar-refractivity contribution in [3.8, 4) is 0 Å². The highest BCUT2D eigenvalue weighted by Gasteiger charge is 2.28. The molecule has 2 aromatic carbocycles. The number of hydrogen-bond donors (Lipinski definition) is 1. The van der Waals surface area contributed by atoms with Gasteiger partial charge in [-0.25, -0.2) is 0 Å². The zero-order valence-electron chi connectivity index (χ0n) is 19.2. The number of nitro groups is 1. The van der Waals surface area contributed by atoms with E-state index in [-0.39, 0.29) is 23.4 Å². The van der Waals surface area contributed by atoms with E-state index in [9.17, 15) is 19.7 Å². The zero-order chi connectivity index (χ0) is 23.8. The van der Waals surface area contributed by atoms with E-state index in [2.05, 4.69) is 19.2 Å². The van der Waals surface area contributed by atoms with Crippen molar-refractivity contribution in [2.75, 3.05) is 18.8 Å². The van der Waals surface area contributed by atoms with E-state index in [4.69, 9.17) is 0 Å². The Hall–Kier alpha value is -2.87. The maximum atomic E-state index is 13.0. The summed E-state index contributed by atoms with van der Waals surface area (Å²) in [5.41, 5.74) is 1.34. The number of nitrogens with zero attached hydrogens (tertiary/aromatic N) is 2. The first-order valence-corrected chi connectivity index (χ1v) is 12.4. The third kappa shape index (κ3) is 7.05. The Morgan fingerprint density at radius 1 is 1.15 bits per heavy atom. The zero-order valence-corrected chi connectivity index (χ0v) is 20.0. The number of nitro benzene ring substituents is 1. The van der Waals surface area contributed by atoms with Crippen LogP contribution in [0.25, 0.3) is 0 Å². The molecule has 7 nitrogen and oxygen atoms in total. The van der Waals surface area contributed by atoms with Gasteiger partial charge in [-0.3, -0.25) is 19.7 Å². The molecule has 1 saturated heterocycles. The van der Waals surface area contributed by atoms with Crippen LogP contribution in [0.4, 0.5) is 5.69 Å². The lowest BCUT2D eigenvalue weighted by molar-refractivity contribution is -0.387. The molecule has 2 amide bonds. The summed E-state index contributed by atoms with van der Waals surface area (Å²) in [6.45, 7) is 5.64. The number of nitrogens with one attached hydrogen (secondary N) is 1. The molecule has 0 bridgehead atoms. The highest BCUT2D eigenvalue weighted by atomic mass is 32.2. The van der Waals surface area contributed by atoms with Crippen molar-refractivity contribution in [2.24, 2.45) is 11.8 Å². The molecular weight excluding hydrogens is 438 g/mol. The molecule has 1 fully saturated rings. The van der Waals surface area contributed by atoms with Crippen molar-refractivity contribution in [2.45, 2.75) is 44.6 Å². The molecule has 0 radical (unpaired) electrons. The van der Waals surface area contributed by atoms with Gasteiger partial charge in [0.25, 0.3) is 11.6 Å². The summed E-state index contributed by atoms with van der Waals surface area (Å²) >= 11 is 1.46. The smallest absolute Gasteiger partial charge is 0.283 e. The average Bonchev–Trinajstić information content (AvgIpc) is 2.82. The van der Waals surface area contributed by atoms with Crippen LogP contribution in [0.1, 0.15) is 49.0 Å². The van der Waals surface area contributed by atoms with Gasteiger partial charge in [-0.1, -0.05) is 44.2 Å². The fourth-order valence-corrected chi connectivity index (χ4v) is 5.03. The minimum Gasteiger partial charge on any atom is -0.352 e. The summed E-state index contributed by atoms with van der Waals surface area (Å²) in [4.78, 5) is 38.9. The molecule has 0 aliphatic carbocycles. The molecule has 176 valence electrons. The normalized spacial score (nSPS) is 14.3. The van der Waals surface area contributed by atoms with Gasteiger partial charge in [0.2, 0.25) is 5.91 Å². The molecule has 1 heterocycles. The Labute approximate surface area is 199 Å². The molecule has 2 aromatic rings. The largest absolute Gasteiger partial charge is 0.352 e. The standard InChI is InChI=1S/C25H31N3O4S/c1-18(2)12-15-33-23-9-8-21(16-22(23)28(31)32)25(30)27-13-10-20(11-14-27)24(29)26-17-19-6-4-3-5-7-19/h3-9,16,18,20H,10-15,17H2,1-2H3,(H,26,29). The van der Waals surface area contributed by atoms with Crippen LogP contribution in [0.5, 0.6) is 0 Å². The SMILES string of the molecule is CC(C)CCSc1ccc(C(=O)N2CCC(C(=O)NCc3ccccc3)CC2)cc1[N+](=O)[O-]. The lowest BCUT2D eigenvalue weighted by Gasteiger charge is -2.31. The summed E-state index contributed by atoms with van der Waals surface area (Å²) in [6.07, 6.45) is 2.13. The summed E-state index contributed by atoms with van der Waals surface area (Å²) < 4.78 is 0. The first kappa shape index (κ1) is 24.8. The van der Waals surface area contributed by atoms with Crippen LogP contribution < -0.4 is 5.32 Å². The molecule has 1 N–H and O–H groups in total. The van der Waals surface area contributed by atoms with Crippen molar-refractivity contribution in [1.29, 1.82) is 0 Å². The van der Waals surface area contributed by atoms with Gasteiger partial charge in [-0.2, -0.15) is 0 Å². The van der Waals surface area contributed by atoms with E-state index in [0.717, 1.165) is 17.7 Å². The van der Waals surface area contributed by atoms with E-state index in [1.807, 2.05) is 30.3 Å². The number of piperidine rings is 1. The van der Waals surface area contributed by atoms with Crippen LogP contribution in [-0.2, 0) is 11.3 Å². The number of hydrogen-bond acceptors (Lipinski definition) is 5. The fraction of sp³-hybridized carbons (Fsp3) is 0.440. The molecule has 0 aromatic heterocycles. The molecule has 0 saturated carbocycles. The highest BCUT2D eigenvalue weighted by molar-refractivity contribution is 7.99. The van der Waals surface area contributed by atoms with Gasteiger partial charge in [-0.05, 0) is 48.6 Å². The summed E-state index contributed by atoms with van der Waals surface area (Å²) in [6, 6.07) is 14.5. The van der Waals surface area contributed by atoms with E-state index in [1.165, 1.54) is 17.8 Å². The molecule has 33 heavy (non-hydrogen) atoms. The minimum atomic E-state index is -0.419. The van der Waals surface area contributed by atoms with Gasteiger partial charge < -0.3 is 10.2 Å². The maximum Gasteiger partial charge on any atom is 0.283 e. The van der Waals surface area contributed by atoms with Crippen LogP contribution >= 0.6 is 11.8 Å². The average molecular weight is 470 g/mol. The van der Waals surface area contributed by atoms with Crippen LogP contribution in [0.2, 0.25) is 0 Å². The lowest BCUT2D eigenvalue weighted by atomic mass is 9.95. The Morgan fingerprint density at radius 2 is 1.85 bits per heavy atom.